The van der Waals surface area contributed by atoms with E-state index in [1.54, 1.807) is 24.5 Å². The number of carbonyl (C=O) groups is 1. The van der Waals surface area contributed by atoms with Crippen molar-refractivity contribution >= 4 is 69.7 Å². The molecule has 148 valence electrons. The van der Waals surface area contributed by atoms with Crippen LogP contribution in [0.1, 0.15) is 0 Å². The van der Waals surface area contributed by atoms with Gasteiger partial charge in [-0.25, -0.2) is 4.79 Å². The highest BCUT2D eigenvalue weighted by Crippen LogP contribution is 2.32. The topological polar surface area (TPSA) is 69.5 Å². The molecule has 0 atom stereocenters. The van der Waals surface area contributed by atoms with Crippen molar-refractivity contribution in [1.82, 2.24) is 5.32 Å². The molecular weight excluding hydrogens is 423 g/mol. The Morgan fingerprint density at radius 1 is 1.07 bits per heavy atom. The molecule has 28 heavy (non-hydrogen) atoms. The van der Waals surface area contributed by atoms with E-state index in [1.165, 1.54) is 0 Å². The average molecular weight is 442 g/mol. The number of halogens is 3. The maximum absolute atomic E-state index is 12.4. The van der Waals surface area contributed by atoms with Gasteiger partial charge in [0.1, 0.15) is 0 Å². The normalized spacial score (nSPS) is 13.9. The third-order valence-corrected chi connectivity index (χ3v) is 4.97. The SMILES string of the molecule is Cl.O=C(Nc1cc(N2CCNCC2)c2occc2c1)Nc1ccc(Cl)cc1Cl. The molecule has 1 aromatic heterocycles. The van der Waals surface area contributed by atoms with Crippen LogP contribution < -0.4 is 20.9 Å². The summed E-state index contributed by atoms with van der Waals surface area (Å²) in [5, 5.41) is 10.8. The predicted octanol–water partition coefficient (Wildman–Crippen LogP) is 5.22. The van der Waals surface area contributed by atoms with Crippen molar-refractivity contribution in [2.45, 2.75) is 0 Å². The van der Waals surface area contributed by atoms with E-state index in [0.717, 1.165) is 42.8 Å². The Morgan fingerprint density at radius 2 is 1.86 bits per heavy atom. The Labute approximate surface area is 178 Å². The fourth-order valence-electron chi connectivity index (χ4n) is 3.15. The van der Waals surface area contributed by atoms with E-state index in [0.29, 0.717) is 21.4 Å². The number of hydrogen-bond donors (Lipinski definition) is 3. The smallest absolute Gasteiger partial charge is 0.323 e. The number of nitrogens with one attached hydrogen (secondary N) is 3. The molecule has 1 aliphatic heterocycles. The second-order valence-corrected chi connectivity index (χ2v) is 7.12. The minimum atomic E-state index is -0.381. The molecule has 0 spiro atoms. The summed E-state index contributed by atoms with van der Waals surface area (Å²) in [6.07, 6.45) is 1.66. The third kappa shape index (κ3) is 4.47. The van der Waals surface area contributed by atoms with Gasteiger partial charge in [-0.2, -0.15) is 0 Å². The van der Waals surface area contributed by atoms with Crippen LogP contribution in [0.4, 0.5) is 21.9 Å². The van der Waals surface area contributed by atoms with Crippen LogP contribution >= 0.6 is 35.6 Å². The fourth-order valence-corrected chi connectivity index (χ4v) is 3.61. The van der Waals surface area contributed by atoms with E-state index in [1.807, 2.05) is 18.2 Å². The van der Waals surface area contributed by atoms with Gasteiger partial charge < -0.3 is 25.3 Å². The molecule has 0 aliphatic carbocycles. The Kier molecular flexibility index (Phi) is 6.57. The minimum absolute atomic E-state index is 0. The van der Waals surface area contributed by atoms with E-state index in [9.17, 15) is 4.79 Å². The standard InChI is InChI=1S/C19H18Cl2N4O2.ClH/c20-13-1-2-16(15(21)10-13)24-19(26)23-14-9-12-3-8-27-18(12)17(11-14)25-6-4-22-5-7-25;/h1-3,8-11,22H,4-7H2,(H2,23,24,26);1H. The van der Waals surface area contributed by atoms with Crippen LogP contribution in [0, 0.1) is 0 Å². The van der Waals surface area contributed by atoms with Crippen LogP contribution in [0.25, 0.3) is 11.0 Å². The van der Waals surface area contributed by atoms with Crippen molar-refractivity contribution in [2.75, 3.05) is 41.7 Å². The van der Waals surface area contributed by atoms with Gasteiger partial charge in [-0.05, 0) is 36.4 Å². The minimum Gasteiger partial charge on any atom is -0.462 e. The van der Waals surface area contributed by atoms with Crippen LogP contribution in [0.5, 0.6) is 0 Å². The van der Waals surface area contributed by atoms with E-state index in [2.05, 4.69) is 20.9 Å². The van der Waals surface area contributed by atoms with Gasteiger partial charge in [-0.1, -0.05) is 23.2 Å². The Balaban J connectivity index is 0.00000225. The lowest BCUT2D eigenvalue weighted by molar-refractivity contribution is 0.262. The Bertz CT molecular complexity index is 986. The largest absolute Gasteiger partial charge is 0.462 e. The first kappa shape index (κ1) is 20.6. The molecule has 3 N–H and O–H groups in total. The summed E-state index contributed by atoms with van der Waals surface area (Å²) in [7, 11) is 0. The van der Waals surface area contributed by atoms with E-state index >= 15 is 0 Å². The lowest BCUT2D eigenvalue weighted by Crippen LogP contribution is -2.43. The van der Waals surface area contributed by atoms with Crippen LogP contribution in [0.2, 0.25) is 10.0 Å². The summed E-state index contributed by atoms with van der Waals surface area (Å²) in [5.74, 6) is 0. The summed E-state index contributed by atoms with van der Waals surface area (Å²) in [6.45, 7) is 3.59. The molecular formula is C19H19Cl3N4O2. The van der Waals surface area contributed by atoms with E-state index in [-0.39, 0.29) is 18.4 Å². The number of carbonyl (C=O) groups excluding carboxylic acids is 1. The molecule has 2 amide bonds. The van der Waals surface area contributed by atoms with Gasteiger partial charge in [0, 0.05) is 42.3 Å². The van der Waals surface area contributed by atoms with E-state index < -0.39 is 0 Å². The number of amides is 2. The molecule has 1 saturated heterocycles. The summed E-state index contributed by atoms with van der Waals surface area (Å²) < 4.78 is 5.66. The second-order valence-electron chi connectivity index (χ2n) is 6.27. The van der Waals surface area contributed by atoms with Gasteiger partial charge in [0.2, 0.25) is 0 Å². The number of piperazine rings is 1. The molecule has 9 heteroatoms. The lowest BCUT2D eigenvalue weighted by Gasteiger charge is -2.29. The molecule has 4 rings (SSSR count). The van der Waals surface area contributed by atoms with Crippen molar-refractivity contribution in [3.8, 4) is 0 Å². The van der Waals surface area contributed by atoms with Crippen LogP contribution in [0.15, 0.2) is 47.1 Å². The van der Waals surface area contributed by atoms with Crippen LogP contribution in [0.3, 0.4) is 0 Å². The molecule has 0 saturated carbocycles. The van der Waals surface area contributed by atoms with Crippen LogP contribution in [-0.4, -0.2) is 32.2 Å². The van der Waals surface area contributed by atoms with Gasteiger partial charge in [0.05, 0.1) is 22.7 Å². The third-order valence-electron chi connectivity index (χ3n) is 4.43. The van der Waals surface area contributed by atoms with Gasteiger partial charge in [-0.3, -0.25) is 0 Å². The van der Waals surface area contributed by atoms with Crippen molar-refractivity contribution in [2.24, 2.45) is 0 Å². The molecule has 2 heterocycles. The van der Waals surface area contributed by atoms with Crippen LogP contribution in [-0.2, 0) is 0 Å². The number of urea groups is 1. The van der Waals surface area contributed by atoms with Gasteiger partial charge in [0.25, 0.3) is 0 Å². The summed E-state index contributed by atoms with van der Waals surface area (Å²) in [4.78, 5) is 14.7. The molecule has 6 nitrogen and oxygen atoms in total. The highest BCUT2D eigenvalue weighted by molar-refractivity contribution is 6.36. The van der Waals surface area contributed by atoms with Crippen molar-refractivity contribution in [1.29, 1.82) is 0 Å². The number of hydrogen-bond acceptors (Lipinski definition) is 4. The zero-order valence-corrected chi connectivity index (χ0v) is 17.1. The number of rotatable bonds is 3. The quantitative estimate of drug-likeness (QED) is 0.521. The number of furan rings is 1. The first-order chi connectivity index (χ1) is 13.1. The number of benzene rings is 2. The monoisotopic (exact) mass is 440 g/mol. The van der Waals surface area contributed by atoms with Gasteiger partial charge in [-0.15, -0.1) is 12.4 Å². The van der Waals surface area contributed by atoms with Crippen molar-refractivity contribution < 1.29 is 9.21 Å². The number of nitrogens with zero attached hydrogens (tertiary/aromatic N) is 1. The van der Waals surface area contributed by atoms with Crippen molar-refractivity contribution in [3.05, 3.63) is 52.7 Å². The molecule has 0 bridgehead atoms. The Morgan fingerprint density at radius 3 is 2.61 bits per heavy atom. The zero-order valence-electron chi connectivity index (χ0n) is 14.8. The average Bonchev–Trinajstić information content (AvgIpc) is 3.12. The first-order valence-corrected chi connectivity index (χ1v) is 9.36. The Hall–Kier alpha value is -2.12. The van der Waals surface area contributed by atoms with Gasteiger partial charge >= 0.3 is 6.03 Å². The summed E-state index contributed by atoms with van der Waals surface area (Å²) in [5.41, 5.74) is 2.97. The molecule has 3 aromatic rings. The molecule has 1 aliphatic rings. The van der Waals surface area contributed by atoms with E-state index in [4.69, 9.17) is 27.6 Å². The number of anilines is 3. The van der Waals surface area contributed by atoms with Crippen molar-refractivity contribution in [3.63, 3.8) is 0 Å². The fraction of sp³-hybridized carbons (Fsp3) is 0.211. The maximum atomic E-state index is 12.4. The lowest BCUT2D eigenvalue weighted by atomic mass is 10.1. The number of fused-ring (bicyclic) bond motifs is 1. The highest BCUT2D eigenvalue weighted by atomic mass is 35.5. The second kappa shape index (κ2) is 8.92. The predicted molar refractivity (Wildman–Crippen MR) is 118 cm³/mol. The zero-order chi connectivity index (χ0) is 18.8. The molecule has 0 unspecified atom stereocenters. The molecule has 2 aromatic carbocycles. The first-order valence-electron chi connectivity index (χ1n) is 8.60. The maximum Gasteiger partial charge on any atom is 0.323 e. The highest BCUT2D eigenvalue weighted by Gasteiger charge is 2.17. The summed E-state index contributed by atoms with van der Waals surface area (Å²) in [6, 6.07) is 10.2. The molecule has 0 radical (unpaired) electrons. The van der Waals surface area contributed by atoms with Gasteiger partial charge in [0.15, 0.2) is 5.58 Å². The summed E-state index contributed by atoms with van der Waals surface area (Å²) >= 11 is 12.0. The molecule has 1 fully saturated rings.